The molecule has 2 aliphatic heterocycles. The van der Waals surface area contributed by atoms with Crippen molar-refractivity contribution in [2.75, 3.05) is 11.9 Å². The Bertz CT molecular complexity index is 1040. The number of nitrogens with one attached hydrogen (secondary N) is 1. The Morgan fingerprint density at radius 2 is 2.04 bits per heavy atom. The van der Waals surface area contributed by atoms with E-state index in [0.29, 0.717) is 29.2 Å². The van der Waals surface area contributed by atoms with Crippen molar-refractivity contribution in [1.82, 2.24) is 14.9 Å². The van der Waals surface area contributed by atoms with Crippen molar-refractivity contribution in [2.45, 2.75) is 32.1 Å². The van der Waals surface area contributed by atoms with E-state index in [1.165, 1.54) is 40.5 Å². The van der Waals surface area contributed by atoms with Crippen LogP contribution in [0.4, 0.5) is 9.93 Å². The number of carbonyl (C=O) groups is 1. The predicted octanol–water partition coefficient (Wildman–Crippen LogP) is 4.04. The molecule has 2 aromatic heterocycles. The third-order valence-corrected chi connectivity index (χ3v) is 6.96. The molecule has 1 fully saturated rings. The fourth-order valence-electron chi connectivity index (χ4n) is 3.16. The molecule has 2 amide bonds. The highest BCUT2D eigenvalue weighted by Crippen LogP contribution is 2.41. The summed E-state index contributed by atoms with van der Waals surface area (Å²) in [5, 5.41) is 6.72. The van der Waals surface area contributed by atoms with E-state index in [4.69, 9.17) is 4.98 Å². The number of aliphatic imine (C=N–C) groups is 3. The van der Waals surface area contributed by atoms with Crippen molar-refractivity contribution in [3.63, 3.8) is 0 Å². The molecule has 0 saturated heterocycles. The minimum Gasteiger partial charge on any atom is -0.283 e. The molecule has 1 aliphatic carbocycles. The zero-order valence-corrected chi connectivity index (χ0v) is 16.8. The van der Waals surface area contributed by atoms with E-state index in [9.17, 15) is 4.79 Å². The number of urea groups is 1. The summed E-state index contributed by atoms with van der Waals surface area (Å²) in [7, 11) is 0. The molecule has 28 heavy (non-hydrogen) atoms. The third-order valence-electron chi connectivity index (χ3n) is 4.86. The average molecular weight is 412 g/mol. The van der Waals surface area contributed by atoms with Gasteiger partial charge in [-0.25, -0.2) is 29.7 Å². The van der Waals surface area contributed by atoms with Crippen molar-refractivity contribution in [1.29, 1.82) is 0 Å². The van der Waals surface area contributed by atoms with Gasteiger partial charge in [0.05, 0.1) is 27.8 Å². The maximum atomic E-state index is 12.7. The lowest BCUT2D eigenvalue weighted by atomic mass is 9.86. The van der Waals surface area contributed by atoms with E-state index in [-0.39, 0.29) is 6.03 Å². The van der Waals surface area contributed by atoms with E-state index < -0.39 is 0 Å². The van der Waals surface area contributed by atoms with Crippen LogP contribution in [-0.4, -0.2) is 46.1 Å². The molecule has 0 radical (unpaired) electrons. The number of hydrogen-bond acceptors (Lipinski definition) is 8. The fraction of sp³-hybridized carbons (Fsp3) is 0.333. The maximum Gasteiger partial charge on any atom is 0.329 e. The van der Waals surface area contributed by atoms with Gasteiger partial charge in [-0.15, -0.1) is 11.3 Å². The van der Waals surface area contributed by atoms with Gasteiger partial charge in [-0.2, -0.15) is 0 Å². The van der Waals surface area contributed by atoms with E-state index in [1.807, 2.05) is 6.92 Å². The number of aromatic nitrogens is 2. The smallest absolute Gasteiger partial charge is 0.283 e. The second kappa shape index (κ2) is 7.02. The molecule has 3 aliphatic rings. The first kappa shape index (κ1) is 17.4. The van der Waals surface area contributed by atoms with E-state index in [2.05, 4.69) is 30.7 Å². The number of rotatable bonds is 3. The summed E-state index contributed by atoms with van der Waals surface area (Å²) >= 11 is 3.16. The summed E-state index contributed by atoms with van der Waals surface area (Å²) < 4.78 is 0. The molecule has 5 rings (SSSR count). The molecule has 8 nitrogen and oxygen atoms in total. The predicted molar refractivity (Wildman–Crippen MR) is 113 cm³/mol. The highest BCUT2D eigenvalue weighted by molar-refractivity contribution is 7.19. The number of hydrogen-bond donors (Lipinski definition) is 1. The molecule has 0 atom stereocenters. The second-order valence-electron chi connectivity index (χ2n) is 6.69. The number of nitrogens with zero attached hydrogens (tertiary/aromatic N) is 6. The Kier molecular flexibility index (Phi) is 4.36. The zero-order valence-electron chi connectivity index (χ0n) is 15.1. The lowest BCUT2D eigenvalue weighted by molar-refractivity contribution is 0.230. The Morgan fingerprint density at radius 3 is 2.79 bits per heavy atom. The molecule has 0 aromatic carbocycles. The van der Waals surface area contributed by atoms with Crippen LogP contribution >= 0.6 is 22.7 Å². The largest absolute Gasteiger partial charge is 0.329 e. The summed E-state index contributed by atoms with van der Waals surface area (Å²) in [6, 6.07) is -0.300. The van der Waals surface area contributed by atoms with Crippen LogP contribution in [0.3, 0.4) is 0 Å². The SMILES string of the molecule is Cc1nc(NC(=O)N2CC=NC2=C2N=CC=N2)sc1-c1csc(C2CCC2)n1. The molecule has 2 aromatic rings. The van der Waals surface area contributed by atoms with Crippen molar-refractivity contribution in [3.8, 4) is 10.6 Å². The van der Waals surface area contributed by atoms with Gasteiger partial charge in [-0.05, 0) is 19.8 Å². The quantitative estimate of drug-likeness (QED) is 0.825. The van der Waals surface area contributed by atoms with Gasteiger partial charge in [0.1, 0.15) is 0 Å². The molecule has 0 unspecified atom stereocenters. The molecule has 1 N–H and O–H groups in total. The Hall–Kier alpha value is -2.72. The fourth-order valence-corrected chi connectivity index (χ4v) is 5.13. The number of amides is 2. The highest BCUT2D eigenvalue weighted by Gasteiger charge is 2.27. The van der Waals surface area contributed by atoms with Crippen LogP contribution in [0.2, 0.25) is 0 Å². The normalized spacial score (nSPS) is 18.4. The summed E-state index contributed by atoms with van der Waals surface area (Å²) in [5.41, 5.74) is 1.82. The summed E-state index contributed by atoms with van der Waals surface area (Å²) in [6.45, 7) is 2.32. The lowest BCUT2D eigenvalue weighted by Gasteiger charge is -2.22. The Morgan fingerprint density at radius 1 is 1.21 bits per heavy atom. The molecule has 0 spiro atoms. The van der Waals surface area contributed by atoms with Gasteiger partial charge in [0, 0.05) is 29.9 Å². The Labute approximate surface area is 169 Å². The lowest BCUT2D eigenvalue weighted by Crippen LogP contribution is -2.32. The molecule has 10 heteroatoms. The molecular formula is C18H17N7OS2. The Balaban J connectivity index is 1.34. The van der Waals surface area contributed by atoms with Crippen molar-refractivity contribution >= 4 is 52.5 Å². The van der Waals surface area contributed by atoms with Crippen LogP contribution in [0.25, 0.3) is 10.6 Å². The first-order chi connectivity index (χ1) is 13.7. The standard InChI is InChI=1S/C18H17N7OS2/c1-10-13(12-9-27-16(23-12)11-3-2-4-11)28-17(22-10)24-18(26)25-8-7-21-15(25)14-19-5-6-20-14/h5-7,9,11H,2-4,8H2,1H3,(H,22,24,26). The first-order valence-corrected chi connectivity index (χ1v) is 10.7. The zero-order chi connectivity index (χ0) is 19.1. The number of aryl methyl sites for hydroxylation is 1. The third kappa shape index (κ3) is 3.08. The van der Waals surface area contributed by atoms with Crippen LogP contribution in [0.1, 0.15) is 35.9 Å². The summed E-state index contributed by atoms with van der Waals surface area (Å²) in [5.74, 6) is 1.50. The summed E-state index contributed by atoms with van der Waals surface area (Å²) in [6.07, 6.45) is 8.59. The summed E-state index contributed by atoms with van der Waals surface area (Å²) in [4.78, 5) is 37.0. The number of anilines is 1. The highest BCUT2D eigenvalue weighted by atomic mass is 32.1. The number of carbonyl (C=O) groups excluding carboxylic acids is 1. The van der Waals surface area contributed by atoms with E-state index >= 15 is 0 Å². The van der Waals surface area contributed by atoms with Crippen molar-refractivity contribution in [2.24, 2.45) is 15.0 Å². The minimum atomic E-state index is -0.300. The van der Waals surface area contributed by atoms with E-state index in [1.54, 1.807) is 30.0 Å². The molecule has 4 heterocycles. The van der Waals surface area contributed by atoms with Crippen LogP contribution < -0.4 is 5.32 Å². The van der Waals surface area contributed by atoms with Crippen LogP contribution in [-0.2, 0) is 0 Å². The first-order valence-electron chi connectivity index (χ1n) is 9.04. The van der Waals surface area contributed by atoms with E-state index in [0.717, 1.165) is 16.3 Å². The average Bonchev–Trinajstić information content (AvgIpc) is 3.40. The van der Waals surface area contributed by atoms with Gasteiger partial charge in [-0.3, -0.25) is 10.2 Å². The topological polar surface area (TPSA) is 95.2 Å². The van der Waals surface area contributed by atoms with Crippen molar-refractivity contribution < 1.29 is 4.79 Å². The van der Waals surface area contributed by atoms with Gasteiger partial charge in [0.15, 0.2) is 16.8 Å². The van der Waals surface area contributed by atoms with Gasteiger partial charge < -0.3 is 0 Å². The molecule has 142 valence electrons. The second-order valence-corrected chi connectivity index (χ2v) is 8.58. The number of thiazole rings is 2. The van der Waals surface area contributed by atoms with Crippen LogP contribution in [0.5, 0.6) is 0 Å². The molecular weight excluding hydrogens is 394 g/mol. The monoisotopic (exact) mass is 411 g/mol. The van der Waals surface area contributed by atoms with Crippen LogP contribution in [0.15, 0.2) is 32.0 Å². The maximum absolute atomic E-state index is 12.7. The van der Waals surface area contributed by atoms with Gasteiger partial charge in [0.25, 0.3) is 0 Å². The molecule has 0 bridgehead atoms. The van der Waals surface area contributed by atoms with Gasteiger partial charge in [-0.1, -0.05) is 17.8 Å². The van der Waals surface area contributed by atoms with Gasteiger partial charge in [0.2, 0.25) is 0 Å². The molecule has 1 saturated carbocycles. The minimum absolute atomic E-state index is 0.300. The van der Waals surface area contributed by atoms with Crippen LogP contribution in [0, 0.1) is 6.92 Å². The van der Waals surface area contributed by atoms with Crippen molar-refractivity contribution in [3.05, 3.63) is 27.7 Å². The van der Waals surface area contributed by atoms with Gasteiger partial charge >= 0.3 is 6.03 Å².